The van der Waals surface area contributed by atoms with Crippen molar-refractivity contribution in [2.45, 2.75) is 19.6 Å². The fourth-order valence-corrected chi connectivity index (χ4v) is 6.66. The summed E-state index contributed by atoms with van der Waals surface area (Å²) in [4.78, 5) is 31.6. The van der Waals surface area contributed by atoms with E-state index in [9.17, 15) is 18.4 Å². The number of carbonyl (C=O) groups excluding carboxylic acids is 1. The van der Waals surface area contributed by atoms with Crippen molar-refractivity contribution in [1.29, 1.82) is 0 Å². The first-order valence-electron chi connectivity index (χ1n) is 13.9. The summed E-state index contributed by atoms with van der Waals surface area (Å²) in [7, 11) is 1.98. The van der Waals surface area contributed by atoms with E-state index < -0.39 is 22.8 Å². The van der Waals surface area contributed by atoms with Crippen LogP contribution in [0.2, 0.25) is 0 Å². The first-order valence-corrected chi connectivity index (χ1v) is 14.7. The number of hydrogen-bond acceptors (Lipinski definition) is 4. The molecule has 0 fully saturated rings. The third-order valence-corrected chi connectivity index (χ3v) is 8.75. The summed E-state index contributed by atoms with van der Waals surface area (Å²) in [5, 5.41) is 0.391. The molecule has 0 saturated heterocycles. The Morgan fingerprint density at radius 3 is 2.02 bits per heavy atom. The Hall–Kier alpha value is -4.72. The van der Waals surface area contributed by atoms with Crippen molar-refractivity contribution in [3.63, 3.8) is 0 Å². The summed E-state index contributed by atoms with van der Waals surface area (Å²) >= 11 is 1.39. The highest BCUT2D eigenvalue weighted by molar-refractivity contribution is 7.22. The zero-order chi connectivity index (χ0) is 29.9. The Labute approximate surface area is 252 Å². The van der Waals surface area contributed by atoms with E-state index in [0.29, 0.717) is 28.9 Å². The van der Waals surface area contributed by atoms with Gasteiger partial charge in [-0.25, -0.2) is 8.78 Å². The first kappa shape index (κ1) is 28.4. The molecule has 0 aliphatic rings. The van der Waals surface area contributed by atoms with Crippen LogP contribution in [0.3, 0.4) is 0 Å². The number of benzene rings is 4. The maximum atomic E-state index is 14.9. The van der Waals surface area contributed by atoms with Crippen molar-refractivity contribution in [1.82, 2.24) is 9.47 Å². The van der Waals surface area contributed by atoms with Gasteiger partial charge in [-0.15, -0.1) is 11.3 Å². The fourth-order valence-electron chi connectivity index (χ4n) is 5.37. The highest BCUT2D eigenvalue weighted by atomic mass is 32.1. The van der Waals surface area contributed by atoms with Crippen molar-refractivity contribution in [3.05, 3.63) is 165 Å². The van der Waals surface area contributed by atoms with Crippen LogP contribution in [-0.2, 0) is 19.6 Å². The molecule has 0 amide bonds. The van der Waals surface area contributed by atoms with Crippen LogP contribution in [0.1, 0.15) is 32.6 Å². The van der Waals surface area contributed by atoms with E-state index in [4.69, 9.17) is 0 Å². The van der Waals surface area contributed by atoms with Crippen LogP contribution < -0.4 is 5.43 Å². The first-order chi connectivity index (χ1) is 20.9. The number of halogens is 2. The molecule has 0 saturated carbocycles. The lowest BCUT2D eigenvalue weighted by Gasteiger charge is -2.18. The van der Waals surface area contributed by atoms with Crippen LogP contribution in [-0.4, -0.2) is 22.3 Å². The number of carbonyl (C=O) groups is 1. The zero-order valence-electron chi connectivity index (χ0n) is 23.5. The quantitative estimate of drug-likeness (QED) is 0.161. The average molecular weight is 591 g/mol. The van der Waals surface area contributed by atoms with Crippen molar-refractivity contribution < 1.29 is 13.6 Å². The minimum atomic E-state index is -0.689. The van der Waals surface area contributed by atoms with Gasteiger partial charge >= 0.3 is 0 Å². The van der Waals surface area contributed by atoms with Crippen LogP contribution in [0.25, 0.3) is 20.7 Å². The third-order valence-electron chi connectivity index (χ3n) is 7.44. The molecule has 0 spiro atoms. The van der Waals surface area contributed by atoms with Crippen molar-refractivity contribution in [2.24, 2.45) is 0 Å². The van der Waals surface area contributed by atoms with Gasteiger partial charge in [0.2, 0.25) is 5.43 Å². The third kappa shape index (κ3) is 5.82. The van der Waals surface area contributed by atoms with Crippen molar-refractivity contribution in [3.8, 4) is 10.4 Å². The van der Waals surface area contributed by atoms with Gasteiger partial charge in [0.25, 0.3) is 0 Å². The second-order valence-corrected chi connectivity index (χ2v) is 11.5. The van der Waals surface area contributed by atoms with Gasteiger partial charge in [0.1, 0.15) is 16.5 Å². The number of hydrogen-bond donors (Lipinski definition) is 0. The summed E-state index contributed by atoms with van der Waals surface area (Å²) in [6.45, 7) is 0.882. The van der Waals surface area contributed by atoms with Gasteiger partial charge < -0.3 is 4.57 Å². The lowest BCUT2D eigenvalue weighted by molar-refractivity contribution is 0.103. The molecule has 0 radical (unpaired) electrons. The van der Waals surface area contributed by atoms with E-state index in [1.807, 2.05) is 67.7 Å². The second kappa shape index (κ2) is 12.3. The van der Waals surface area contributed by atoms with E-state index in [1.54, 1.807) is 34.9 Å². The summed E-state index contributed by atoms with van der Waals surface area (Å²) < 4.78 is 31.4. The van der Waals surface area contributed by atoms with Gasteiger partial charge in [0.05, 0.1) is 17.5 Å². The largest absolute Gasteiger partial charge is 0.334 e. The molecule has 43 heavy (non-hydrogen) atoms. The lowest BCUT2D eigenvalue weighted by atomic mass is 10.0. The molecule has 214 valence electrons. The SMILES string of the molecule is CN(Cc1ccccc1)Cc1c(-c2ccccc2)sc2c1c(=O)c(C(=O)c1ccccc1)cn2Cc1c(F)cccc1F. The van der Waals surface area contributed by atoms with Crippen LogP contribution in [0.15, 0.2) is 120 Å². The van der Waals surface area contributed by atoms with Crippen LogP contribution in [0.4, 0.5) is 8.78 Å². The molecule has 6 aromatic rings. The number of aromatic nitrogens is 1. The molecule has 6 rings (SSSR count). The molecule has 0 aliphatic heterocycles. The molecule has 4 nitrogen and oxygen atoms in total. The van der Waals surface area contributed by atoms with E-state index in [2.05, 4.69) is 4.90 Å². The van der Waals surface area contributed by atoms with E-state index in [-0.39, 0.29) is 17.7 Å². The van der Waals surface area contributed by atoms with Crippen molar-refractivity contribution in [2.75, 3.05) is 7.05 Å². The topological polar surface area (TPSA) is 42.3 Å². The minimum Gasteiger partial charge on any atom is -0.334 e. The zero-order valence-corrected chi connectivity index (χ0v) is 24.3. The predicted molar refractivity (Wildman–Crippen MR) is 168 cm³/mol. The number of rotatable bonds is 9. The molecule has 4 aromatic carbocycles. The van der Waals surface area contributed by atoms with Gasteiger partial charge in [0.15, 0.2) is 5.78 Å². The Kier molecular flexibility index (Phi) is 8.09. The molecule has 2 aromatic heterocycles. The smallest absolute Gasteiger partial charge is 0.201 e. The molecule has 0 unspecified atom stereocenters. The van der Waals surface area contributed by atoms with Crippen LogP contribution >= 0.6 is 11.3 Å². The Bertz CT molecular complexity index is 1950. The minimum absolute atomic E-state index is 0.0418. The normalized spacial score (nSPS) is 11.3. The Balaban J connectivity index is 1.59. The number of thiophene rings is 1. The average Bonchev–Trinajstić information content (AvgIpc) is 3.40. The number of fused-ring (bicyclic) bond motifs is 1. The molecule has 0 aliphatic carbocycles. The Morgan fingerprint density at radius 1 is 0.767 bits per heavy atom. The summed E-state index contributed by atoms with van der Waals surface area (Å²) in [5.74, 6) is -1.82. The molecule has 2 heterocycles. The maximum absolute atomic E-state index is 14.9. The van der Waals surface area contributed by atoms with E-state index >= 15 is 0 Å². The van der Waals surface area contributed by atoms with Gasteiger partial charge in [-0.2, -0.15) is 0 Å². The van der Waals surface area contributed by atoms with Gasteiger partial charge in [-0.3, -0.25) is 14.5 Å². The maximum Gasteiger partial charge on any atom is 0.201 e. The second-order valence-electron chi connectivity index (χ2n) is 10.5. The van der Waals surface area contributed by atoms with Gasteiger partial charge in [-0.05, 0) is 35.9 Å². The van der Waals surface area contributed by atoms with Gasteiger partial charge in [-0.1, -0.05) is 97.1 Å². The van der Waals surface area contributed by atoms with E-state index in [1.165, 1.54) is 35.7 Å². The van der Waals surface area contributed by atoms with Gasteiger partial charge in [0, 0.05) is 35.3 Å². The summed E-state index contributed by atoms with van der Waals surface area (Å²) in [6.07, 6.45) is 1.45. The molecule has 0 atom stereocenters. The van der Waals surface area contributed by atoms with Crippen molar-refractivity contribution >= 4 is 27.3 Å². The standard InChI is InChI=1S/C36H28F2N2O2S/c1-39(20-24-12-5-2-6-13-24)21-28-32-34(42)29(33(41)25-14-7-3-8-15-25)23-40(22-27-30(37)18-11-19-31(27)38)36(32)43-35(28)26-16-9-4-10-17-26/h2-19,23H,20-22H2,1H3. The molecule has 0 bridgehead atoms. The number of nitrogens with zero attached hydrogens (tertiary/aromatic N) is 2. The number of pyridine rings is 1. The highest BCUT2D eigenvalue weighted by Gasteiger charge is 2.25. The molecule has 7 heteroatoms. The summed E-state index contributed by atoms with van der Waals surface area (Å²) in [5.41, 5.74) is 2.62. The number of ketones is 1. The van der Waals surface area contributed by atoms with Crippen LogP contribution in [0.5, 0.6) is 0 Å². The fraction of sp³-hybridized carbons (Fsp3) is 0.111. The van der Waals surface area contributed by atoms with Crippen LogP contribution in [0, 0.1) is 11.6 Å². The molecular formula is C36H28F2N2O2S. The van der Waals surface area contributed by atoms with E-state index in [0.717, 1.165) is 21.6 Å². The summed E-state index contributed by atoms with van der Waals surface area (Å²) in [6, 6.07) is 32.1. The lowest BCUT2D eigenvalue weighted by Crippen LogP contribution is -2.22. The predicted octanol–water partition coefficient (Wildman–Crippen LogP) is 7.92. The monoisotopic (exact) mass is 590 g/mol. The highest BCUT2D eigenvalue weighted by Crippen LogP contribution is 2.39. The Morgan fingerprint density at radius 2 is 1.37 bits per heavy atom. The molecule has 0 N–H and O–H groups in total. The molecular weight excluding hydrogens is 562 g/mol.